The first-order valence-electron chi connectivity index (χ1n) is 8.96. The molecular weight excluding hydrogens is 419 g/mol. The van der Waals surface area contributed by atoms with Crippen LogP contribution in [0.3, 0.4) is 0 Å². The number of nitrogens with one attached hydrogen (secondary N) is 2. The molecule has 4 rings (SSSR count). The number of alkyl halides is 3. The molecule has 11 heteroatoms. The van der Waals surface area contributed by atoms with E-state index in [9.17, 15) is 22.0 Å². The molecule has 0 fully saturated rings. The lowest BCUT2D eigenvalue weighted by Gasteiger charge is -2.16. The molecule has 4 aromatic rings. The van der Waals surface area contributed by atoms with E-state index in [0.29, 0.717) is 11.9 Å². The van der Waals surface area contributed by atoms with E-state index < -0.39 is 23.4 Å². The van der Waals surface area contributed by atoms with Gasteiger partial charge in [-0.15, -0.1) is 0 Å². The predicted octanol–water partition coefficient (Wildman–Crippen LogP) is 5.13. The number of benzene rings is 2. The Hall–Kier alpha value is -3.76. The minimum atomic E-state index is -4.60. The zero-order valence-electron chi connectivity index (χ0n) is 16.2. The molecule has 31 heavy (non-hydrogen) atoms. The van der Waals surface area contributed by atoms with Gasteiger partial charge in [0.25, 0.3) is 0 Å². The van der Waals surface area contributed by atoms with E-state index in [0.717, 1.165) is 12.1 Å². The first-order chi connectivity index (χ1) is 14.6. The molecule has 2 aromatic carbocycles. The molecule has 2 N–H and O–H groups in total. The monoisotopic (exact) mass is 434 g/mol. The molecule has 0 aliphatic rings. The fourth-order valence-corrected chi connectivity index (χ4v) is 3.04. The molecule has 6 nitrogen and oxygen atoms in total. The normalized spacial score (nSPS) is 11.7. The Morgan fingerprint density at radius 3 is 2.45 bits per heavy atom. The lowest BCUT2D eigenvalue weighted by molar-refractivity contribution is -0.137. The van der Waals surface area contributed by atoms with E-state index in [-0.39, 0.29) is 33.9 Å². The van der Waals surface area contributed by atoms with Gasteiger partial charge in [-0.25, -0.2) is 18.7 Å². The van der Waals surface area contributed by atoms with Crippen molar-refractivity contribution in [2.24, 2.45) is 0 Å². The average Bonchev–Trinajstić information content (AvgIpc) is 3.10. The second kappa shape index (κ2) is 7.49. The third-order valence-corrected chi connectivity index (χ3v) is 4.48. The molecule has 0 saturated carbocycles. The van der Waals surface area contributed by atoms with Crippen molar-refractivity contribution in [2.75, 3.05) is 24.3 Å². The van der Waals surface area contributed by atoms with Crippen molar-refractivity contribution < 1.29 is 22.0 Å². The van der Waals surface area contributed by atoms with Crippen molar-refractivity contribution in [1.82, 2.24) is 20.2 Å². The Bertz CT molecular complexity index is 1260. The Labute approximate surface area is 172 Å². The van der Waals surface area contributed by atoms with Crippen LogP contribution in [-0.4, -0.2) is 34.3 Å². The summed E-state index contributed by atoms with van der Waals surface area (Å²) in [7, 11) is 3.33. The highest BCUT2D eigenvalue weighted by molar-refractivity contribution is 5.91. The Morgan fingerprint density at radius 1 is 1.00 bits per heavy atom. The maximum absolute atomic E-state index is 13.9. The van der Waals surface area contributed by atoms with Crippen molar-refractivity contribution in [3.63, 3.8) is 0 Å². The molecule has 0 atom stereocenters. The van der Waals surface area contributed by atoms with Gasteiger partial charge in [0.1, 0.15) is 23.0 Å². The van der Waals surface area contributed by atoms with Gasteiger partial charge in [-0.1, -0.05) is 18.2 Å². The number of hydrogen-bond acceptors (Lipinski definition) is 5. The van der Waals surface area contributed by atoms with Gasteiger partial charge in [0.05, 0.1) is 10.9 Å². The molecule has 0 saturated heterocycles. The van der Waals surface area contributed by atoms with E-state index in [2.05, 4.69) is 25.5 Å². The number of aromatic amines is 1. The van der Waals surface area contributed by atoms with Crippen molar-refractivity contribution in [3.05, 3.63) is 59.7 Å². The second-order valence-corrected chi connectivity index (χ2v) is 6.88. The van der Waals surface area contributed by atoms with Crippen LogP contribution in [0.5, 0.6) is 0 Å². The summed E-state index contributed by atoms with van der Waals surface area (Å²) in [5, 5.41) is 9.32. The molecule has 2 aromatic heterocycles. The van der Waals surface area contributed by atoms with E-state index >= 15 is 0 Å². The van der Waals surface area contributed by atoms with Crippen LogP contribution in [0.1, 0.15) is 5.56 Å². The summed E-state index contributed by atoms with van der Waals surface area (Å²) in [5.41, 5.74) is -1.11. The van der Waals surface area contributed by atoms with Gasteiger partial charge >= 0.3 is 6.18 Å². The molecule has 0 spiro atoms. The van der Waals surface area contributed by atoms with Gasteiger partial charge in [0.15, 0.2) is 17.5 Å². The first kappa shape index (κ1) is 20.5. The lowest BCUT2D eigenvalue weighted by atomic mass is 10.1. The van der Waals surface area contributed by atoms with Crippen LogP contribution < -0.4 is 10.2 Å². The van der Waals surface area contributed by atoms with Gasteiger partial charge < -0.3 is 10.2 Å². The summed E-state index contributed by atoms with van der Waals surface area (Å²) in [5.74, 6) is -1.31. The Morgan fingerprint density at radius 2 is 1.74 bits per heavy atom. The summed E-state index contributed by atoms with van der Waals surface area (Å²) in [4.78, 5) is 10.0. The maximum Gasteiger partial charge on any atom is 0.417 e. The fourth-order valence-electron chi connectivity index (χ4n) is 3.04. The van der Waals surface area contributed by atoms with Crippen molar-refractivity contribution >= 4 is 28.4 Å². The molecule has 0 aliphatic carbocycles. The maximum atomic E-state index is 13.9. The summed E-state index contributed by atoms with van der Waals surface area (Å²) >= 11 is 0. The van der Waals surface area contributed by atoms with Crippen LogP contribution in [-0.2, 0) is 6.18 Å². The number of aromatic nitrogens is 4. The van der Waals surface area contributed by atoms with Gasteiger partial charge in [-0.2, -0.15) is 18.3 Å². The SMILES string of the molecule is CN(C)c1cc(Nc2n[nH]c3c(F)cc(F)cc23)nc(-c2ccccc2C(F)(F)F)n1. The fraction of sp³-hybridized carbons (Fsp3) is 0.150. The minimum Gasteiger partial charge on any atom is -0.363 e. The van der Waals surface area contributed by atoms with Gasteiger partial charge in [0.2, 0.25) is 0 Å². The number of hydrogen-bond donors (Lipinski definition) is 2. The number of anilines is 3. The van der Waals surface area contributed by atoms with Crippen LogP contribution in [0, 0.1) is 11.6 Å². The van der Waals surface area contributed by atoms with E-state index in [1.54, 1.807) is 19.0 Å². The number of nitrogens with zero attached hydrogens (tertiary/aromatic N) is 4. The quantitative estimate of drug-likeness (QED) is 0.436. The molecular formula is C20H15F5N6. The van der Waals surface area contributed by atoms with Crippen LogP contribution in [0.15, 0.2) is 42.5 Å². The standard InChI is InChI=1S/C20H15F5N6/c1-31(2)16-9-15(27-19-12-7-10(21)8-14(22)17(12)29-30-19)26-18(28-16)11-5-3-4-6-13(11)20(23,24)25/h3-9H,1-2H3,(H2,26,27,28,29,30). The molecule has 0 bridgehead atoms. The van der Waals surface area contributed by atoms with Crippen LogP contribution in [0.25, 0.3) is 22.3 Å². The Balaban J connectivity index is 1.84. The highest BCUT2D eigenvalue weighted by Crippen LogP contribution is 2.37. The third-order valence-electron chi connectivity index (χ3n) is 4.48. The topological polar surface area (TPSA) is 69.7 Å². The number of rotatable bonds is 4. The molecule has 0 radical (unpaired) electrons. The summed E-state index contributed by atoms with van der Waals surface area (Å²) in [6, 6.07) is 8.23. The highest BCUT2D eigenvalue weighted by atomic mass is 19.4. The van der Waals surface area contributed by atoms with Crippen LogP contribution >= 0.6 is 0 Å². The van der Waals surface area contributed by atoms with E-state index in [4.69, 9.17) is 0 Å². The second-order valence-electron chi connectivity index (χ2n) is 6.88. The van der Waals surface area contributed by atoms with Gasteiger partial charge in [-0.3, -0.25) is 5.10 Å². The van der Waals surface area contributed by atoms with Crippen molar-refractivity contribution in [1.29, 1.82) is 0 Å². The van der Waals surface area contributed by atoms with E-state index in [1.165, 1.54) is 24.3 Å². The predicted molar refractivity (Wildman–Crippen MR) is 106 cm³/mol. The van der Waals surface area contributed by atoms with Gasteiger partial charge in [0, 0.05) is 31.8 Å². The van der Waals surface area contributed by atoms with E-state index in [1.807, 2.05) is 0 Å². The van der Waals surface area contributed by atoms with Crippen LogP contribution in [0.4, 0.5) is 39.4 Å². The highest BCUT2D eigenvalue weighted by Gasteiger charge is 2.34. The number of halogens is 5. The van der Waals surface area contributed by atoms with Gasteiger partial charge in [-0.05, 0) is 12.1 Å². The molecule has 0 unspecified atom stereocenters. The molecule has 0 aliphatic heterocycles. The first-order valence-corrected chi connectivity index (χ1v) is 8.96. The summed E-state index contributed by atoms with van der Waals surface area (Å²) in [6.45, 7) is 0. The zero-order chi connectivity index (χ0) is 22.3. The van der Waals surface area contributed by atoms with Crippen molar-refractivity contribution in [2.45, 2.75) is 6.18 Å². The minimum absolute atomic E-state index is 0.0200. The van der Waals surface area contributed by atoms with Crippen molar-refractivity contribution in [3.8, 4) is 11.4 Å². The number of H-pyrrole nitrogens is 1. The molecule has 160 valence electrons. The zero-order valence-corrected chi connectivity index (χ0v) is 16.2. The number of fused-ring (bicyclic) bond motifs is 1. The summed E-state index contributed by atoms with van der Waals surface area (Å²) < 4.78 is 68.0. The molecule has 2 heterocycles. The summed E-state index contributed by atoms with van der Waals surface area (Å²) in [6.07, 6.45) is -4.60. The smallest absolute Gasteiger partial charge is 0.363 e. The Kier molecular flexibility index (Phi) is 4.96. The van der Waals surface area contributed by atoms with Crippen LogP contribution in [0.2, 0.25) is 0 Å². The third kappa shape index (κ3) is 3.98. The largest absolute Gasteiger partial charge is 0.417 e. The molecule has 0 amide bonds. The average molecular weight is 434 g/mol. The lowest BCUT2D eigenvalue weighted by Crippen LogP contribution is -2.14.